The van der Waals surface area contributed by atoms with Crippen molar-refractivity contribution in [2.75, 3.05) is 18.4 Å². The third-order valence-electron chi connectivity index (χ3n) is 5.98. The van der Waals surface area contributed by atoms with Crippen molar-refractivity contribution in [3.8, 4) is 5.69 Å². The summed E-state index contributed by atoms with van der Waals surface area (Å²) >= 11 is 0. The van der Waals surface area contributed by atoms with Crippen molar-refractivity contribution in [1.82, 2.24) is 24.9 Å². The molecule has 1 unspecified atom stereocenters. The highest BCUT2D eigenvalue weighted by Crippen LogP contribution is 2.30. The number of amides is 1. The second-order valence-corrected chi connectivity index (χ2v) is 8.34. The number of hydrogen-bond donors (Lipinski definition) is 1. The summed E-state index contributed by atoms with van der Waals surface area (Å²) in [6, 6.07) is 7.71. The largest absolute Gasteiger partial charge is 0.417 e. The van der Waals surface area contributed by atoms with E-state index in [1.165, 1.54) is 10.9 Å². The van der Waals surface area contributed by atoms with E-state index in [0.717, 1.165) is 30.7 Å². The molecule has 3 aromatic rings. The lowest BCUT2D eigenvalue weighted by molar-refractivity contribution is -0.137. The van der Waals surface area contributed by atoms with E-state index in [2.05, 4.69) is 27.4 Å². The average molecular weight is 458 g/mol. The van der Waals surface area contributed by atoms with E-state index in [9.17, 15) is 18.0 Å². The molecule has 1 aromatic carbocycles. The molecule has 4 rings (SSSR count). The van der Waals surface area contributed by atoms with Gasteiger partial charge in [-0.25, -0.2) is 4.98 Å². The molecule has 2 aromatic heterocycles. The first-order chi connectivity index (χ1) is 15.7. The number of rotatable bonds is 5. The van der Waals surface area contributed by atoms with Crippen LogP contribution in [0.15, 0.2) is 48.9 Å². The molecule has 1 aliphatic rings. The molecule has 1 saturated heterocycles. The van der Waals surface area contributed by atoms with Gasteiger partial charge in [0.05, 0.1) is 35.2 Å². The molecular formula is C23H25F3N6O. The smallest absolute Gasteiger partial charge is 0.368 e. The normalized spacial score (nSPS) is 18.9. The van der Waals surface area contributed by atoms with Crippen molar-refractivity contribution >= 4 is 11.7 Å². The first-order valence-electron chi connectivity index (χ1n) is 10.8. The minimum Gasteiger partial charge on any atom is -0.368 e. The predicted octanol–water partition coefficient (Wildman–Crippen LogP) is 4.34. The predicted molar refractivity (Wildman–Crippen MR) is 117 cm³/mol. The van der Waals surface area contributed by atoms with Gasteiger partial charge in [-0.2, -0.15) is 28.2 Å². The highest BCUT2D eigenvalue weighted by atomic mass is 19.4. The van der Waals surface area contributed by atoms with E-state index in [1.807, 2.05) is 24.0 Å². The second kappa shape index (κ2) is 9.21. The Morgan fingerprint density at radius 2 is 1.94 bits per heavy atom. The molecule has 10 heteroatoms. The van der Waals surface area contributed by atoms with Crippen molar-refractivity contribution in [3.05, 3.63) is 65.6 Å². The number of alkyl halides is 3. The number of halogens is 3. The number of likely N-dealkylation sites (tertiary alicyclic amines) is 1. The van der Waals surface area contributed by atoms with Crippen LogP contribution >= 0.6 is 0 Å². The third kappa shape index (κ3) is 4.99. The van der Waals surface area contributed by atoms with Gasteiger partial charge in [0.2, 0.25) is 0 Å². The first kappa shape index (κ1) is 22.8. The van der Waals surface area contributed by atoms with Gasteiger partial charge in [-0.1, -0.05) is 13.0 Å². The fourth-order valence-corrected chi connectivity index (χ4v) is 4.17. The van der Waals surface area contributed by atoms with Gasteiger partial charge >= 0.3 is 6.18 Å². The van der Waals surface area contributed by atoms with Gasteiger partial charge in [0.25, 0.3) is 5.91 Å². The maximum Gasteiger partial charge on any atom is 0.417 e. The Morgan fingerprint density at radius 3 is 2.61 bits per heavy atom. The molecule has 2 atom stereocenters. The molecule has 174 valence electrons. The number of carbonyl (C=O) groups is 1. The zero-order chi connectivity index (χ0) is 23.6. The topological polar surface area (TPSA) is 75.9 Å². The number of piperidine rings is 1. The Hall–Kier alpha value is -3.43. The van der Waals surface area contributed by atoms with Crippen molar-refractivity contribution in [2.45, 2.75) is 38.9 Å². The molecular weight excluding hydrogens is 433 g/mol. The number of anilines is 1. The van der Waals surface area contributed by atoms with E-state index in [1.54, 1.807) is 18.5 Å². The fraction of sp³-hybridized carbons (Fsp3) is 0.391. The number of hydrogen-bond acceptors (Lipinski definition) is 5. The molecule has 0 radical (unpaired) electrons. The number of nitrogens with one attached hydrogen (secondary N) is 1. The Morgan fingerprint density at radius 1 is 1.18 bits per heavy atom. The van der Waals surface area contributed by atoms with Crippen LogP contribution in [0.4, 0.5) is 19.0 Å². The van der Waals surface area contributed by atoms with E-state index < -0.39 is 11.7 Å². The van der Waals surface area contributed by atoms with Crippen molar-refractivity contribution in [1.29, 1.82) is 0 Å². The number of carbonyl (C=O) groups excluding carboxylic acids is 1. The van der Waals surface area contributed by atoms with E-state index in [4.69, 9.17) is 0 Å². The Kier molecular flexibility index (Phi) is 6.35. The van der Waals surface area contributed by atoms with Crippen molar-refractivity contribution in [2.24, 2.45) is 5.92 Å². The summed E-state index contributed by atoms with van der Waals surface area (Å²) in [7, 11) is 0. The van der Waals surface area contributed by atoms with Gasteiger partial charge < -0.3 is 10.2 Å². The van der Waals surface area contributed by atoms with Crippen LogP contribution in [0.25, 0.3) is 5.69 Å². The van der Waals surface area contributed by atoms with Crippen LogP contribution in [0.3, 0.4) is 0 Å². The summed E-state index contributed by atoms with van der Waals surface area (Å²) in [6.45, 7) is 4.99. The maximum absolute atomic E-state index is 13.6. The van der Waals surface area contributed by atoms with Crippen LogP contribution in [0.2, 0.25) is 0 Å². The van der Waals surface area contributed by atoms with E-state index >= 15 is 0 Å². The highest BCUT2D eigenvalue weighted by Gasteiger charge is 2.34. The molecule has 0 aliphatic carbocycles. The number of pyridine rings is 1. The molecule has 33 heavy (non-hydrogen) atoms. The summed E-state index contributed by atoms with van der Waals surface area (Å²) in [5, 5.41) is 11.5. The molecule has 3 heterocycles. The number of benzene rings is 1. The highest BCUT2D eigenvalue weighted by molar-refractivity contribution is 5.98. The van der Waals surface area contributed by atoms with Crippen LogP contribution in [0.1, 0.15) is 41.3 Å². The molecule has 1 fully saturated rings. The molecule has 1 N–H and O–H groups in total. The third-order valence-corrected chi connectivity index (χ3v) is 5.98. The fourth-order valence-electron chi connectivity index (χ4n) is 4.17. The summed E-state index contributed by atoms with van der Waals surface area (Å²) < 4.78 is 38.4. The lowest BCUT2D eigenvalue weighted by Crippen LogP contribution is -2.51. The molecule has 0 bridgehead atoms. The maximum atomic E-state index is 13.6. The number of nitrogens with zero attached hydrogens (tertiary/aromatic N) is 5. The average Bonchev–Trinajstić information content (AvgIpc) is 3.32. The zero-order valence-electron chi connectivity index (χ0n) is 18.4. The summed E-state index contributed by atoms with van der Waals surface area (Å²) in [4.78, 5) is 20.8. The Labute approximate surface area is 189 Å². The zero-order valence-corrected chi connectivity index (χ0v) is 18.4. The van der Waals surface area contributed by atoms with Crippen LogP contribution in [0.5, 0.6) is 0 Å². The van der Waals surface area contributed by atoms with E-state index in [0.29, 0.717) is 30.2 Å². The van der Waals surface area contributed by atoms with Gasteiger partial charge in [-0.3, -0.25) is 4.79 Å². The molecule has 1 amide bonds. The minimum atomic E-state index is -4.43. The van der Waals surface area contributed by atoms with Gasteiger partial charge in [-0.15, -0.1) is 0 Å². The summed E-state index contributed by atoms with van der Waals surface area (Å²) in [5.41, 5.74) is 1.30. The molecule has 0 saturated carbocycles. The van der Waals surface area contributed by atoms with Crippen LogP contribution < -0.4 is 5.32 Å². The Bertz CT molecular complexity index is 1100. The van der Waals surface area contributed by atoms with Crippen LogP contribution in [0, 0.1) is 12.8 Å². The summed E-state index contributed by atoms with van der Waals surface area (Å²) in [5.74, 6) is 0.423. The van der Waals surface area contributed by atoms with Gasteiger partial charge in [-0.05, 0) is 55.5 Å². The number of aromatic nitrogens is 4. The lowest BCUT2D eigenvalue weighted by Gasteiger charge is -2.40. The lowest BCUT2D eigenvalue weighted by atomic mass is 9.90. The standard InChI is InChI=1S/C23H25F3N6O/c1-15-5-7-18(19(12-15)32-29-9-10-30-32)22(33)31-11-3-4-16(2)20(31)14-28-21-8-6-17(13-27-21)23(24,25)26/h5-10,12-13,16,20H,3-4,11,14H2,1-2H3,(H,27,28)/t16-,20?/m1/s1. The van der Waals surface area contributed by atoms with Gasteiger partial charge in [0.15, 0.2) is 0 Å². The van der Waals surface area contributed by atoms with E-state index in [-0.39, 0.29) is 17.9 Å². The minimum absolute atomic E-state index is 0.124. The Balaban J connectivity index is 1.55. The van der Waals surface area contributed by atoms with Crippen molar-refractivity contribution in [3.63, 3.8) is 0 Å². The molecule has 7 nitrogen and oxygen atoms in total. The molecule has 1 aliphatic heterocycles. The number of aryl methyl sites for hydroxylation is 1. The van der Waals surface area contributed by atoms with Gasteiger partial charge in [0.1, 0.15) is 5.82 Å². The van der Waals surface area contributed by atoms with Crippen LogP contribution in [-0.4, -0.2) is 49.9 Å². The molecule has 0 spiro atoms. The quantitative estimate of drug-likeness (QED) is 0.616. The monoisotopic (exact) mass is 458 g/mol. The van der Waals surface area contributed by atoms with Crippen molar-refractivity contribution < 1.29 is 18.0 Å². The van der Waals surface area contributed by atoms with Gasteiger partial charge in [0, 0.05) is 19.3 Å². The first-order valence-corrected chi connectivity index (χ1v) is 10.8. The SMILES string of the molecule is Cc1ccc(C(=O)N2CCC[C@@H](C)C2CNc2ccc(C(F)(F)F)cn2)c(-n2nccn2)c1. The van der Waals surface area contributed by atoms with Crippen LogP contribution in [-0.2, 0) is 6.18 Å². The second-order valence-electron chi connectivity index (χ2n) is 8.34. The summed E-state index contributed by atoms with van der Waals surface area (Å²) in [6.07, 6.45) is 1.33.